The summed E-state index contributed by atoms with van der Waals surface area (Å²) in [7, 11) is 0. The highest BCUT2D eigenvalue weighted by atomic mass is 35.5. The summed E-state index contributed by atoms with van der Waals surface area (Å²) >= 11 is 7.54. The van der Waals surface area contributed by atoms with Gasteiger partial charge in [0.05, 0.1) is 22.8 Å². The second kappa shape index (κ2) is 8.63. The predicted molar refractivity (Wildman–Crippen MR) is 116 cm³/mol. The number of benzene rings is 2. The van der Waals surface area contributed by atoms with Gasteiger partial charge >= 0.3 is 0 Å². The molecule has 0 saturated heterocycles. The van der Waals surface area contributed by atoms with Crippen molar-refractivity contribution in [3.63, 3.8) is 0 Å². The van der Waals surface area contributed by atoms with Gasteiger partial charge < -0.3 is 4.57 Å². The van der Waals surface area contributed by atoms with E-state index in [1.807, 2.05) is 43.3 Å². The third-order valence-electron chi connectivity index (χ3n) is 4.31. The van der Waals surface area contributed by atoms with Crippen molar-refractivity contribution in [3.8, 4) is 0 Å². The van der Waals surface area contributed by atoms with Crippen LogP contribution < -0.4 is 5.32 Å². The van der Waals surface area contributed by atoms with Gasteiger partial charge in [0, 0.05) is 17.4 Å². The lowest BCUT2D eigenvalue weighted by molar-refractivity contribution is -0.115. The molecule has 1 unspecified atom stereocenters. The van der Waals surface area contributed by atoms with E-state index < -0.39 is 0 Å². The van der Waals surface area contributed by atoms with Crippen LogP contribution in [0.4, 0.5) is 5.95 Å². The van der Waals surface area contributed by atoms with E-state index >= 15 is 0 Å². The summed E-state index contributed by atoms with van der Waals surface area (Å²) in [4.78, 5) is 25.4. The number of hydrogen-bond donors (Lipinski definition) is 1. The summed E-state index contributed by atoms with van der Waals surface area (Å²) in [5.41, 5.74) is 2.92. The highest BCUT2D eigenvalue weighted by Gasteiger charge is 2.20. The number of halogens is 1. The molecule has 4 aromatic rings. The molecule has 2 aromatic carbocycles. The van der Waals surface area contributed by atoms with Gasteiger partial charge in [0.25, 0.3) is 0 Å². The number of carbonyl (C=O) groups excluding carboxylic acids is 1. The number of rotatable bonds is 6. The molecule has 0 fully saturated rings. The smallest absolute Gasteiger partial charge is 0.240 e. The topological polar surface area (TPSA) is 72.7 Å². The molecule has 8 heteroatoms. The van der Waals surface area contributed by atoms with Gasteiger partial charge in [0.1, 0.15) is 0 Å². The zero-order valence-corrected chi connectivity index (χ0v) is 17.2. The molecule has 0 bridgehead atoms. The lowest BCUT2D eigenvalue weighted by Crippen LogP contribution is -2.24. The van der Waals surface area contributed by atoms with Gasteiger partial charge in [-0.1, -0.05) is 53.7 Å². The maximum Gasteiger partial charge on any atom is 0.240 e. The van der Waals surface area contributed by atoms with Crippen molar-refractivity contribution in [3.05, 3.63) is 77.6 Å². The Labute approximate surface area is 177 Å². The second-order valence-corrected chi connectivity index (χ2v) is 8.17. The largest absolute Gasteiger partial charge is 0.314 e. The Bertz CT molecular complexity index is 1130. The fourth-order valence-electron chi connectivity index (χ4n) is 2.88. The molecule has 1 N–H and O–H groups in total. The molecule has 146 valence electrons. The van der Waals surface area contributed by atoms with Crippen LogP contribution in [0.3, 0.4) is 0 Å². The van der Waals surface area contributed by atoms with Crippen molar-refractivity contribution in [1.82, 2.24) is 19.5 Å². The Hall–Kier alpha value is -2.90. The van der Waals surface area contributed by atoms with Crippen LogP contribution in [-0.2, 0) is 11.3 Å². The molecule has 0 radical (unpaired) electrons. The molecular formula is C21H18ClN5OS. The van der Waals surface area contributed by atoms with Crippen molar-refractivity contribution < 1.29 is 4.79 Å². The summed E-state index contributed by atoms with van der Waals surface area (Å²) in [6, 6.07) is 17.5. The van der Waals surface area contributed by atoms with Gasteiger partial charge in [-0.25, -0.2) is 15.0 Å². The number of amides is 1. The molecule has 0 aliphatic carbocycles. The molecule has 0 aliphatic rings. The minimum atomic E-state index is -0.388. The fourth-order valence-corrected chi connectivity index (χ4v) is 3.97. The maximum atomic E-state index is 12.6. The Morgan fingerprint density at radius 2 is 1.90 bits per heavy atom. The van der Waals surface area contributed by atoms with E-state index in [-0.39, 0.29) is 17.1 Å². The van der Waals surface area contributed by atoms with Gasteiger partial charge in [0.15, 0.2) is 5.16 Å². The van der Waals surface area contributed by atoms with Crippen molar-refractivity contribution in [2.75, 3.05) is 5.32 Å². The molecule has 0 saturated carbocycles. The molecule has 0 aliphatic heterocycles. The molecule has 2 heterocycles. The molecule has 4 rings (SSSR count). The average molecular weight is 424 g/mol. The van der Waals surface area contributed by atoms with Crippen LogP contribution in [0.2, 0.25) is 5.02 Å². The summed E-state index contributed by atoms with van der Waals surface area (Å²) < 4.78 is 2.11. The predicted octanol–water partition coefficient (Wildman–Crippen LogP) is 4.65. The fraction of sp³-hybridized carbons (Fsp3) is 0.143. The number of anilines is 1. The maximum absolute atomic E-state index is 12.6. The van der Waals surface area contributed by atoms with E-state index in [1.54, 1.807) is 18.5 Å². The zero-order valence-electron chi connectivity index (χ0n) is 15.6. The van der Waals surface area contributed by atoms with E-state index in [2.05, 4.69) is 32.0 Å². The first-order chi connectivity index (χ1) is 14.1. The number of nitrogens with zero attached hydrogens (tertiary/aromatic N) is 4. The molecule has 2 aromatic heterocycles. The molecule has 6 nitrogen and oxygen atoms in total. The van der Waals surface area contributed by atoms with E-state index in [0.717, 1.165) is 21.8 Å². The second-order valence-electron chi connectivity index (χ2n) is 6.42. The Morgan fingerprint density at radius 1 is 1.14 bits per heavy atom. The van der Waals surface area contributed by atoms with Crippen molar-refractivity contribution in [1.29, 1.82) is 0 Å². The third kappa shape index (κ3) is 4.58. The van der Waals surface area contributed by atoms with Gasteiger partial charge in [-0.15, -0.1) is 0 Å². The molecule has 0 spiro atoms. The highest BCUT2D eigenvalue weighted by molar-refractivity contribution is 8.00. The summed E-state index contributed by atoms with van der Waals surface area (Å²) in [6.45, 7) is 2.49. The Balaban J connectivity index is 1.61. The Kier molecular flexibility index (Phi) is 5.78. The van der Waals surface area contributed by atoms with Crippen LogP contribution >= 0.6 is 23.4 Å². The first-order valence-corrected chi connectivity index (χ1v) is 10.3. The van der Waals surface area contributed by atoms with Gasteiger partial charge in [-0.3, -0.25) is 10.1 Å². The normalized spacial score (nSPS) is 12.1. The zero-order chi connectivity index (χ0) is 20.2. The average Bonchev–Trinajstić information content (AvgIpc) is 3.05. The minimum absolute atomic E-state index is 0.183. The number of thioether (sulfide) groups is 1. The number of nitrogens with one attached hydrogen (secondary N) is 1. The molecule has 29 heavy (non-hydrogen) atoms. The quantitative estimate of drug-likeness (QED) is 0.457. The van der Waals surface area contributed by atoms with Crippen LogP contribution in [0, 0.1) is 0 Å². The number of aromatic nitrogens is 4. The number of carbonyl (C=O) groups is 1. The summed E-state index contributed by atoms with van der Waals surface area (Å²) in [6.07, 6.45) is 3.17. The molecule has 1 atom stereocenters. The SMILES string of the molecule is CC(Sc1nc2cc(Cl)ccc2n1Cc1ccccc1)C(=O)Nc1ncccn1. The van der Waals surface area contributed by atoms with E-state index in [0.29, 0.717) is 11.6 Å². The van der Waals surface area contributed by atoms with Crippen LogP contribution in [0.25, 0.3) is 11.0 Å². The van der Waals surface area contributed by atoms with Crippen molar-refractivity contribution in [2.24, 2.45) is 0 Å². The standard InChI is InChI=1S/C21H18ClN5OS/c1-14(19(28)26-20-23-10-5-11-24-20)29-21-25-17-12-16(22)8-9-18(17)27(21)13-15-6-3-2-4-7-15/h2-12,14H,13H2,1H3,(H,23,24,26,28). The van der Waals surface area contributed by atoms with Gasteiger partial charge in [0.2, 0.25) is 11.9 Å². The first kappa shape index (κ1) is 19.4. The first-order valence-electron chi connectivity index (χ1n) is 9.04. The number of hydrogen-bond acceptors (Lipinski definition) is 5. The van der Waals surface area contributed by atoms with E-state index in [4.69, 9.17) is 16.6 Å². The molecular weight excluding hydrogens is 406 g/mol. The number of imidazole rings is 1. The third-order valence-corrected chi connectivity index (χ3v) is 5.64. The van der Waals surface area contributed by atoms with Crippen LogP contribution in [0.1, 0.15) is 12.5 Å². The summed E-state index contributed by atoms with van der Waals surface area (Å²) in [5.74, 6) is 0.104. The monoisotopic (exact) mass is 423 g/mol. The van der Waals surface area contributed by atoms with E-state index in [9.17, 15) is 4.79 Å². The Morgan fingerprint density at radius 3 is 2.66 bits per heavy atom. The van der Waals surface area contributed by atoms with Gasteiger partial charge in [-0.05, 0) is 36.8 Å². The number of fused-ring (bicyclic) bond motifs is 1. The van der Waals surface area contributed by atoms with Crippen LogP contribution in [0.5, 0.6) is 0 Å². The van der Waals surface area contributed by atoms with Crippen molar-refractivity contribution in [2.45, 2.75) is 23.9 Å². The molecule has 1 amide bonds. The van der Waals surface area contributed by atoms with Crippen LogP contribution in [0.15, 0.2) is 72.1 Å². The highest BCUT2D eigenvalue weighted by Crippen LogP contribution is 2.30. The van der Waals surface area contributed by atoms with Crippen molar-refractivity contribution >= 4 is 46.3 Å². The lowest BCUT2D eigenvalue weighted by Gasteiger charge is -2.13. The lowest BCUT2D eigenvalue weighted by atomic mass is 10.2. The van der Waals surface area contributed by atoms with Crippen LogP contribution in [-0.4, -0.2) is 30.7 Å². The minimum Gasteiger partial charge on any atom is -0.314 e. The van der Waals surface area contributed by atoms with E-state index in [1.165, 1.54) is 11.8 Å². The summed E-state index contributed by atoms with van der Waals surface area (Å²) in [5, 5.41) is 3.73. The van der Waals surface area contributed by atoms with Gasteiger partial charge in [-0.2, -0.15) is 0 Å².